The van der Waals surface area contributed by atoms with Gasteiger partial charge in [-0.15, -0.1) is 11.8 Å². The summed E-state index contributed by atoms with van der Waals surface area (Å²) < 4.78 is 5.34. The molecule has 0 spiro atoms. The van der Waals surface area contributed by atoms with E-state index in [1.165, 1.54) is 10.5 Å². The molecule has 1 atom stereocenters. The minimum Gasteiger partial charge on any atom is -0.444 e. The number of thioether (sulfide) groups is 1. The molecule has 0 aromatic heterocycles. The zero-order chi connectivity index (χ0) is 17.1. The Balaban J connectivity index is 1.91. The van der Waals surface area contributed by atoms with Crippen LogP contribution in [0.3, 0.4) is 0 Å². The fourth-order valence-corrected chi connectivity index (χ4v) is 3.68. The van der Waals surface area contributed by atoms with Gasteiger partial charge >= 0.3 is 6.09 Å². The lowest BCUT2D eigenvalue weighted by atomic mass is 10.0. The molecule has 0 aliphatic carbocycles. The van der Waals surface area contributed by atoms with E-state index < -0.39 is 5.60 Å². The highest BCUT2D eigenvalue weighted by Gasteiger charge is 2.27. The van der Waals surface area contributed by atoms with Gasteiger partial charge in [-0.05, 0) is 58.4 Å². The molecule has 1 aliphatic heterocycles. The van der Waals surface area contributed by atoms with Crippen LogP contribution in [0.15, 0.2) is 29.2 Å². The third-order valence-electron chi connectivity index (χ3n) is 3.59. The van der Waals surface area contributed by atoms with Crippen LogP contribution in [0.4, 0.5) is 4.79 Å². The molecule has 4 nitrogen and oxygen atoms in total. The van der Waals surface area contributed by atoms with Gasteiger partial charge in [0.1, 0.15) is 5.60 Å². The third-order valence-corrected chi connectivity index (χ3v) is 4.71. The number of fused-ring (bicyclic) bond motifs is 1. The van der Waals surface area contributed by atoms with Crippen LogP contribution in [0.5, 0.6) is 0 Å². The predicted octanol–water partition coefficient (Wildman–Crippen LogP) is 4.12. The number of hydrogen-bond acceptors (Lipinski definition) is 4. The predicted molar refractivity (Wildman–Crippen MR) is 96.0 cm³/mol. The second kappa shape index (κ2) is 7.14. The second-order valence-electron chi connectivity index (χ2n) is 7.62. The number of carbonyl (C=O) groups is 1. The van der Waals surface area contributed by atoms with Gasteiger partial charge in [0, 0.05) is 17.5 Å². The van der Waals surface area contributed by atoms with E-state index in [1.807, 2.05) is 46.4 Å². The Bertz CT molecular complexity index is 552. The van der Waals surface area contributed by atoms with Gasteiger partial charge in [0.05, 0.1) is 5.54 Å². The van der Waals surface area contributed by atoms with Crippen molar-refractivity contribution in [3.05, 3.63) is 29.8 Å². The van der Waals surface area contributed by atoms with Crippen molar-refractivity contribution < 1.29 is 9.53 Å². The van der Waals surface area contributed by atoms with E-state index >= 15 is 0 Å². The summed E-state index contributed by atoms with van der Waals surface area (Å²) in [4.78, 5) is 13.3. The van der Waals surface area contributed by atoms with Gasteiger partial charge in [0.15, 0.2) is 0 Å². The van der Waals surface area contributed by atoms with Crippen LogP contribution in [0, 0.1) is 0 Å². The lowest BCUT2D eigenvalue weighted by Gasteiger charge is -2.32. The first-order chi connectivity index (χ1) is 10.7. The zero-order valence-corrected chi connectivity index (χ0v) is 15.5. The Kier molecular flexibility index (Phi) is 5.63. The second-order valence-corrected chi connectivity index (χ2v) is 8.76. The van der Waals surface area contributed by atoms with Gasteiger partial charge < -0.3 is 15.4 Å². The highest BCUT2D eigenvalue weighted by Crippen LogP contribution is 2.35. The van der Waals surface area contributed by atoms with E-state index in [-0.39, 0.29) is 11.6 Å². The SMILES string of the molecule is CC(C)(CNC1CCSc2ccccc21)NC(=O)OC(C)(C)C. The topological polar surface area (TPSA) is 50.4 Å². The van der Waals surface area contributed by atoms with Crippen LogP contribution in [0.2, 0.25) is 0 Å². The number of benzene rings is 1. The summed E-state index contributed by atoms with van der Waals surface area (Å²) in [5.41, 5.74) is 0.506. The van der Waals surface area contributed by atoms with E-state index in [9.17, 15) is 4.79 Å². The Hall–Kier alpha value is -1.20. The van der Waals surface area contributed by atoms with Crippen molar-refractivity contribution in [1.82, 2.24) is 10.6 Å². The molecule has 5 heteroatoms. The number of ether oxygens (including phenoxy) is 1. The summed E-state index contributed by atoms with van der Waals surface area (Å²) in [5, 5.41) is 6.55. The van der Waals surface area contributed by atoms with Crippen LogP contribution in [-0.4, -0.2) is 29.5 Å². The van der Waals surface area contributed by atoms with Crippen molar-refractivity contribution in [2.24, 2.45) is 0 Å². The Morgan fingerprint density at radius 2 is 1.96 bits per heavy atom. The standard InChI is InChI=1S/C18H28N2O2S/c1-17(2,3)22-16(21)20-18(4,5)12-19-14-10-11-23-15-9-7-6-8-13(14)15/h6-9,14,19H,10-12H2,1-5H3,(H,20,21). The van der Waals surface area contributed by atoms with E-state index in [2.05, 4.69) is 34.9 Å². The molecule has 1 heterocycles. The molecular formula is C18H28N2O2S. The molecule has 1 unspecified atom stereocenters. The molecule has 1 aromatic rings. The fourth-order valence-electron chi connectivity index (χ4n) is 2.56. The maximum Gasteiger partial charge on any atom is 0.408 e. The highest BCUT2D eigenvalue weighted by atomic mass is 32.2. The van der Waals surface area contributed by atoms with Crippen molar-refractivity contribution in [3.8, 4) is 0 Å². The maximum absolute atomic E-state index is 12.0. The van der Waals surface area contributed by atoms with Crippen molar-refractivity contribution in [2.45, 2.75) is 63.1 Å². The average molecular weight is 337 g/mol. The first-order valence-electron chi connectivity index (χ1n) is 8.13. The summed E-state index contributed by atoms with van der Waals surface area (Å²) in [6, 6.07) is 8.88. The van der Waals surface area contributed by atoms with Gasteiger partial charge in [-0.2, -0.15) is 0 Å². The van der Waals surface area contributed by atoms with Crippen molar-refractivity contribution in [1.29, 1.82) is 0 Å². The molecule has 23 heavy (non-hydrogen) atoms. The lowest BCUT2D eigenvalue weighted by Crippen LogP contribution is -2.52. The fraction of sp³-hybridized carbons (Fsp3) is 0.611. The van der Waals surface area contributed by atoms with Crippen LogP contribution in [-0.2, 0) is 4.74 Å². The average Bonchev–Trinajstić information content (AvgIpc) is 2.42. The van der Waals surface area contributed by atoms with Crippen molar-refractivity contribution in [3.63, 3.8) is 0 Å². The first kappa shape index (κ1) is 18.1. The molecule has 2 N–H and O–H groups in total. The number of rotatable bonds is 4. The third kappa shape index (κ3) is 5.74. The summed E-state index contributed by atoms with van der Waals surface area (Å²) in [5.74, 6) is 1.12. The number of alkyl carbamates (subject to hydrolysis) is 1. The van der Waals surface area contributed by atoms with Crippen molar-refractivity contribution >= 4 is 17.9 Å². The van der Waals surface area contributed by atoms with Crippen LogP contribution >= 0.6 is 11.8 Å². The number of carbonyl (C=O) groups excluding carboxylic acids is 1. The summed E-state index contributed by atoms with van der Waals surface area (Å²) in [6.07, 6.45) is 0.730. The highest BCUT2D eigenvalue weighted by molar-refractivity contribution is 7.99. The van der Waals surface area contributed by atoms with E-state index in [0.717, 1.165) is 12.2 Å². The molecule has 2 rings (SSSR count). The quantitative estimate of drug-likeness (QED) is 0.868. The number of amides is 1. The smallest absolute Gasteiger partial charge is 0.408 e. The molecule has 0 radical (unpaired) electrons. The minimum atomic E-state index is -0.479. The molecule has 1 aromatic carbocycles. The molecule has 1 aliphatic rings. The maximum atomic E-state index is 12.0. The summed E-state index contributed by atoms with van der Waals surface area (Å²) >= 11 is 1.91. The van der Waals surface area contributed by atoms with Crippen LogP contribution < -0.4 is 10.6 Å². The minimum absolute atomic E-state index is 0.340. The van der Waals surface area contributed by atoms with Gasteiger partial charge in [-0.25, -0.2) is 4.79 Å². The van der Waals surface area contributed by atoms with Gasteiger partial charge in [0.2, 0.25) is 0 Å². The lowest BCUT2D eigenvalue weighted by molar-refractivity contribution is 0.0470. The molecule has 0 fully saturated rings. The Morgan fingerprint density at radius 1 is 1.26 bits per heavy atom. The molecule has 128 valence electrons. The first-order valence-corrected chi connectivity index (χ1v) is 9.11. The molecular weight excluding hydrogens is 308 g/mol. The van der Waals surface area contributed by atoms with Gasteiger partial charge in [-0.1, -0.05) is 18.2 Å². The van der Waals surface area contributed by atoms with Crippen LogP contribution in [0.25, 0.3) is 0 Å². The van der Waals surface area contributed by atoms with E-state index in [4.69, 9.17) is 4.74 Å². The summed E-state index contributed by atoms with van der Waals surface area (Å²) in [7, 11) is 0. The molecule has 0 bridgehead atoms. The Morgan fingerprint density at radius 3 is 2.65 bits per heavy atom. The normalized spacial score (nSPS) is 18.2. The van der Waals surface area contributed by atoms with Gasteiger partial charge in [0.25, 0.3) is 0 Å². The molecule has 1 amide bonds. The number of nitrogens with one attached hydrogen (secondary N) is 2. The zero-order valence-electron chi connectivity index (χ0n) is 14.7. The van der Waals surface area contributed by atoms with E-state index in [0.29, 0.717) is 12.6 Å². The number of hydrogen-bond donors (Lipinski definition) is 2. The van der Waals surface area contributed by atoms with Crippen molar-refractivity contribution in [2.75, 3.05) is 12.3 Å². The molecule has 0 saturated heterocycles. The molecule has 0 saturated carbocycles. The monoisotopic (exact) mass is 336 g/mol. The Labute approximate surface area is 143 Å². The van der Waals surface area contributed by atoms with E-state index in [1.54, 1.807) is 0 Å². The largest absolute Gasteiger partial charge is 0.444 e. The van der Waals surface area contributed by atoms with Crippen LogP contribution in [0.1, 0.15) is 52.6 Å². The van der Waals surface area contributed by atoms with Gasteiger partial charge in [-0.3, -0.25) is 0 Å². The summed E-state index contributed by atoms with van der Waals surface area (Å²) in [6.45, 7) is 10.3.